The number of hydrogen-bond acceptors (Lipinski definition) is 3. The molecule has 0 saturated heterocycles. The van der Waals surface area contributed by atoms with Crippen LogP contribution < -0.4 is 10.1 Å². The van der Waals surface area contributed by atoms with Crippen LogP contribution in [0.4, 0.5) is 0 Å². The molecule has 1 N–H and O–H groups in total. The van der Waals surface area contributed by atoms with Crippen LogP contribution in [0.15, 0.2) is 46.9 Å². The summed E-state index contributed by atoms with van der Waals surface area (Å²) in [6.07, 6.45) is 0. The normalized spacial score (nSPS) is 11.7. The number of hydrogen-bond donors (Lipinski definition) is 1. The maximum atomic E-state index is 12.1. The summed E-state index contributed by atoms with van der Waals surface area (Å²) in [5, 5.41) is 3.31. The number of benzene rings is 2. The smallest absolute Gasteiger partial charge is 0.258 e. The first kappa shape index (κ1) is 18.5. The minimum absolute atomic E-state index is 0.172. The maximum absolute atomic E-state index is 12.1. The number of ether oxygens (including phenoxy) is 1. The van der Waals surface area contributed by atoms with Crippen LogP contribution in [0.1, 0.15) is 35.8 Å². The van der Waals surface area contributed by atoms with Gasteiger partial charge >= 0.3 is 0 Å². The van der Waals surface area contributed by atoms with Gasteiger partial charge in [0, 0.05) is 9.50 Å². The average molecular weight is 411 g/mol. The van der Waals surface area contributed by atoms with Gasteiger partial charge in [0.25, 0.3) is 5.91 Å². The van der Waals surface area contributed by atoms with Crippen molar-refractivity contribution in [2.75, 3.05) is 6.61 Å². The van der Waals surface area contributed by atoms with Crippen molar-refractivity contribution in [3.8, 4) is 5.75 Å². The Morgan fingerprint density at radius 1 is 1.25 bits per heavy atom. The first-order valence-corrected chi connectivity index (χ1v) is 8.52. The molecule has 4 nitrogen and oxygen atoms in total. The summed E-state index contributed by atoms with van der Waals surface area (Å²) >= 11 is 9.35. The van der Waals surface area contributed by atoms with E-state index in [1.54, 1.807) is 12.1 Å². The fraction of sp³-hybridized carbons (Fsp3) is 0.222. The SMILES string of the molecule is CC(=O)c1cc(Cl)ccc1OCC(=O)N[C@@H](C)c1ccccc1Br. The lowest BCUT2D eigenvalue weighted by molar-refractivity contribution is -0.123. The third-order valence-electron chi connectivity index (χ3n) is 3.43. The van der Waals surface area contributed by atoms with E-state index in [9.17, 15) is 9.59 Å². The highest BCUT2D eigenvalue weighted by atomic mass is 79.9. The number of halogens is 2. The molecular formula is C18H17BrClNO3. The summed E-state index contributed by atoms with van der Waals surface area (Å²) in [6, 6.07) is 12.2. The second kappa shape index (κ2) is 8.31. The van der Waals surface area contributed by atoms with E-state index in [1.807, 2.05) is 31.2 Å². The Labute approximate surface area is 154 Å². The molecular weight excluding hydrogens is 394 g/mol. The van der Waals surface area contributed by atoms with Gasteiger partial charge in [-0.15, -0.1) is 0 Å². The van der Waals surface area contributed by atoms with Gasteiger partial charge in [-0.3, -0.25) is 9.59 Å². The molecule has 24 heavy (non-hydrogen) atoms. The molecule has 0 fully saturated rings. The van der Waals surface area contributed by atoms with Crippen LogP contribution >= 0.6 is 27.5 Å². The molecule has 2 aromatic rings. The monoisotopic (exact) mass is 409 g/mol. The summed E-state index contributed by atoms with van der Waals surface area (Å²) in [5.74, 6) is -0.104. The molecule has 6 heteroatoms. The quantitative estimate of drug-likeness (QED) is 0.710. The average Bonchev–Trinajstić information content (AvgIpc) is 2.53. The molecule has 1 amide bonds. The lowest BCUT2D eigenvalue weighted by Gasteiger charge is -2.16. The van der Waals surface area contributed by atoms with Gasteiger partial charge in [-0.05, 0) is 43.7 Å². The Morgan fingerprint density at radius 3 is 2.62 bits per heavy atom. The molecule has 2 aromatic carbocycles. The number of carbonyl (C=O) groups excluding carboxylic acids is 2. The summed E-state index contributed by atoms with van der Waals surface area (Å²) in [6.45, 7) is 3.13. The third kappa shape index (κ3) is 4.82. The van der Waals surface area contributed by atoms with Crippen LogP contribution in [0.2, 0.25) is 5.02 Å². The van der Waals surface area contributed by atoms with Gasteiger partial charge in [-0.2, -0.15) is 0 Å². The van der Waals surface area contributed by atoms with Gasteiger partial charge in [0.2, 0.25) is 0 Å². The van der Waals surface area contributed by atoms with Gasteiger partial charge in [0.05, 0.1) is 11.6 Å². The van der Waals surface area contributed by atoms with E-state index in [-0.39, 0.29) is 24.3 Å². The molecule has 0 unspecified atom stereocenters. The van der Waals surface area contributed by atoms with Crippen molar-refractivity contribution in [1.29, 1.82) is 0 Å². The van der Waals surface area contributed by atoms with Crippen molar-refractivity contribution < 1.29 is 14.3 Å². The van der Waals surface area contributed by atoms with Gasteiger partial charge in [0.1, 0.15) is 5.75 Å². The molecule has 0 bridgehead atoms. The lowest BCUT2D eigenvalue weighted by atomic mass is 10.1. The standard InChI is InChI=1S/C18H17BrClNO3/c1-11(14-5-3-4-6-16(14)19)21-18(23)10-24-17-8-7-13(20)9-15(17)12(2)22/h3-9,11H,10H2,1-2H3,(H,21,23)/t11-/m0/s1. The topological polar surface area (TPSA) is 55.4 Å². The summed E-state index contributed by atoms with van der Waals surface area (Å²) in [7, 11) is 0. The zero-order valence-electron chi connectivity index (χ0n) is 13.3. The molecule has 1 atom stereocenters. The van der Waals surface area contributed by atoms with E-state index >= 15 is 0 Å². The van der Waals surface area contributed by atoms with E-state index in [2.05, 4.69) is 21.2 Å². The molecule has 0 aromatic heterocycles. The highest BCUT2D eigenvalue weighted by Crippen LogP contribution is 2.24. The fourth-order valence-corrected chi connectivity index (χ4v) is 3.03. The Kier molecular flexibility index (Phi) is 6.40. The van der Waals surface area contributed by atoms with Crippen molar-refractivity contribution in [1.82, 2.24) is 5.32 Å². The van der Waals surface area contributed by atoms with E-state index in [1.165, 1.54) is 13.0 Å². The lowest BCUT2D eigenvalue weighted by Crippen LogP contribution is -2.31. The van der Waals surface area contributed by atoms with Crippen LogP contribution in [-0.2, 0) is 4.79 Å². The summed E-state index contributed by atoms with van der Waals surface area (Å²) in [5.41, 5.74) is 1.33. The molecule has 0 spiro atoms. The van der Waals surface area contributed by atoms with Gasteiger partial charge in [-0.1, -0.05) is 45.7 Å². The number of rotatable bonds is 6. The van der Waals surface area contributed by atoms with Crippen molar-refractivity contribution in [3.63, 3.8) is 0 Å². The summed E-state index contributed by atoms with van der Waals surface area (Å²) < 4.78 is 6.41. The second-order valence-electron chi connectivity index (χ2n) is 5.30. The molecule has 0 aliphatic rings. The van der Waals surface area contributed by atoms with Gasteiger partial charge < -0.3 is 10.1 Å². The van der Waals surface area contributed by atoms with Crippen LogP contribution in [0, 0.1) is 0 Å². The number of amides is 1. The third-order valence-corrected chi connectivity index (χ3v) is 4.39. The molecule has 0 aliphatic heterocycles. The molecule has 0 aliphatic carbocycles. The Hall–Kier alpha value is -1.85. The first-order valence-electron chi connectivity index (χ1n) is 7.35. The van der Waals surface area contributed by atoms with Crippen molar-refractivity contribution in [3.05, 3.63) is 63.1 Å². The van der Waals surface area contributed by atoms with Crippen LogP contribution in [0.5, 0.6) is 5.75 Å². The van der Waals surface area contributed by atoms with E-state index in [0.29, 0.717) is 16.3 Å². The van der Waals surface area contributed by atoms with Gasteiger partial charge in [0.15, 0.2) is 12.4 Å². The van der Waals surface area contributed by atoms with Crippen molar-refractivity contribution in [2.45, 2.75) is 19.9 Å². The van der Waals surface area contributed by atoms with E-state index in [4.69, 9.17) is 16.3 Å². The maximum Gasteiger partial charge on any atom is 0.258 e. The van der Waals surface area contributed by atoms with Crippen molar-refractivity contribution >= 4 is 39.2 Å². The number of carbonyl (C=O) groups is 2. The zero-order valence-corrected chi connectivity index (χ0v) is 15.6. The second-order valence-corrected chi connectivity index (χ2v) is 6.59. The molecule has 2 rings (SSSR count). The van der Waals surface area contributed by atoms with Gasteiger partial charge in [-0.25, -0.2) is 0 Å². The molecule has 126 valence electrons. The molecule has 0 saturated carbocycles. The molecule has 0 heterocycles. The Morgan fingerprint density at radius 2 is 1.96 bits per heavy atom. The largest absolute Gasteiger partial charge is 0.483 e. The van der Waals surface area contributed by atoms with E-state index in [0.717, 1.165) is 10.0 Å². The highest BCUT2D eigenvalue weighted by molar-refractivity contribution is 9.10. The predicted octanol–water partition coefficient (Wildman–Crippen LogP) is 4.56. The zero-order chi connectivity index (χ0) is 17.7. The number of ketones is 1. The van der Waals surface area contributed by atoms with Crippen LogP contribution in [0.25, 0.3) is 0 Å². The molecule has 0 radical (unpaired) electrons. The number of nitrogens with one attached hydrogen (secondary N) is 1. The predicted molar refractivity (Wildman–Crippen MR) is 97.7 cm³/mol. The number of Topliss-reactive ketones (excluding diaryl/α,β-unsaturated/α-hetero) is 1. The fourth-order valence-electron chi connectivity index (χ4n) is 2.23. The Bertz CT molecular complexity index is 764. The highest BCUT2D eigenvalue weighted by Gasteiger charge is 2.14. The van der Waals surface area contributed by atoms with Crippen molar-refractivity contribution in [2.24, 2.45) is 0 Å². The van der Waals surface area contributed by atoms with Crippen LogP contribution in [0.3, 0.4) is 0 Å². The summed E-state index contributed by atoms with van der Waals surface area (Å²) in [4.78, 5) is 23.7. The first-order chi connectivity index (χ1) is 11.4. The van der Waals surface area contributed by atoms with E-state index < -0.39 is 0 Å². The van der Waals surface area contributed by atoms with Crippen LogP contribution in [-0.4, -0.2) is 18.3 Å². The Balaban J connectivity index is 1.99. The minimum Gasteiger partial charge on any atom is -0.483 e. The minimum atomic E-state index is -0.275.